The van der Waals surface area contributed by atoms with Gasteiger partial charge < -0.3 is 16.0 Å². The van der Waals surface area contributed by atoms with Crippen molar-refractivity contribution in [2.24, 2.45) is 0 Å². The van der Waals surface area contributed by atoms with Crippen LogP contribution in [0.15, 0.2) is 42.5 Å². The van der Waals surface area contributed by atoms with Crippen LogP contribution in [0, 0.1) is 5.82 Å². The van der Waals surface area contributed by atoms with Crippen LogP contribution in [0.3, 0.4) is 0 Å². The first-order valence-corrected chi connectivity index (χ1v) is 7.18. The highest BCUT2D eigenvalue weighted by Crippen LogP contribution is 2.25. The number of carbonyl (C=O) groups is 2. The molecule has 0 aliphatic rings. The monoisotopic (exact) mass is 335 g/mol. The van der Waals surface area contributed by atoms with E-state index >= 15 is 0 Å². The molecule has 0 aromatic heterocycles. The number of rotatable bonds is 4. The second kappa shape index (κ2) is 7.60. The Morgan fingerprint density at radius 2 is 1.78 bits per heavy atom. The zero-order chi connectivity index (χ0) is 16.8. The Morgan fingerprint density at radius 1 is 1.09 bits per heavy atom. The van der Waals surface area contributed by atoms with Crippen LogP contribution >= 0.6 is 11.6 Å². The molecule has 5 nitrogen and oxygen atoms in total. The van der Waals surface area contributed by atoms with E-state index in [1.807, 2.05) is 0 Å². The maximum absolute atomic E-state index is 12.8. The molecular formula is C16H15ClFN3O2. The van der Waals surface area contributed by atoms with Gasteiger partial charge in [0.2, 0.25) is 5.91 Å². The quantitative estimate of drug-likeness (QED) is 0.796. The average Bonchev–Trinajstić information content (AvgIpc) is 2.49. The second-order valence-corrected chi connectivity index (χ2v) is 5.22. The van der Waals surface area contributed by atoms with Gasteiger partial charge >= 0.3 is 6.03 Å². The van der Waals surface area contributed by atoms with E-state index in [2.05, 4.69) is 16.0 Å². The smallest absolute Gasteiger partial charge is 0.319 e. The lowest BCUT2D eigenvalue weighted by Crippen LogP contribution is -2.28. The van der Waals surface area contributed by atoms with Gasteiger partial charge in [0, 0.05) is 19.2 Å². The number of hydrogen-bond donors (Lipinski definition) is 3. The summed E-state index contributed by atoms with van der Waals surface area (Å²) in [7, 11) is 0. The van der Waals surface area contributed by atoms with Crippen molar-refractivity contribution in [3.05, 3.63) is 58.9 Å². The van der Waals surface area contributed by atoms with Gasteiger partial charge in [-0.3, -0.25) is 4.79 Å². The molecule has 2 rings (SSSR count). The normalized spacial score (nSPS) is 10.0. The van der Waals surface area contributed by atoms with Crippen LogP contribution in [0.1, 0.15) is 12.5 Å². The molecule has 3 N–H and O–H groups in total. The van der Waals surface area contributed by atoms with Gasteiger partial charge in [0.25, 0.3) is 0 Å². The van der Waals surface area contributed by atoms with E-state index < -0.39 is 6.03 Å². The molecular weight excluding hydrogens is 321 g/mol. The minimum atomic E-state index is -0.441. The van der Waals surface area contributed by atoms with Crippen LogP contribution in [0.4, 0.5) is 20.6 Å². The Bertz CT molecular complexity index is 720. The van der Waals surface area contributed by atoms with Crippen molar-refractivity contribution >= 4 is 34.9 Å². The Balaban J connectivity index is 1.92. The largest absolute Gasteiger partial charge is 0.334 e. The van der Waals surface area contributed by atoms with Crippen molar-refractivity contribution in [2.75, 3.05) is 10.6 Å². The number of carbonyl (C=O) groups excluding carboxylic acids is 2. The number of anilines is 2. The topological polar surface area (TPSA) is 70.2 Å². The number of urea groups is 1. The lowest BCUT2D eigenvalue weighted by molar-refractivity contribution is -0.114. The van der Waals surface area contributed by atoms with E-state index in [1.165, 1.54) is 19.1 Å². The molecule has 0 bridgehead atoms. The summed E-state index contributed by atoms with van der Waals surface area (Å²) in [6.07, 6.45) is 0. The highest BCUT2D eigenvalue weighted by Gasteiger charge is 2.07. The number of hydrogen-bond acceptors (Lipinski definition) is 2. The third kappa shape index (κ3) is 5.27. The van der Waals surface area contributed by atoms with Crippen molar-refractivity contribution in [2.45, 2.75) is 13.5 Å². The molecule has 0 aliphatic heterocycles. The minimum Gasteiger partial charge on any atom is -0.334 e. The van der Waals surface area contributed by atoms with Gasteiger partial charge in [-0.25, -0.2) is 9.18 Å². The van der Waals surface area contributed by atoms with Crippen molar-refractivity contribution in [1.29, 1.82) is 0 Å². The number of amides is 3. The van der Waals surface area contributed by atoms with Gasteiger partial charge in [-0.2, -0.15) is 0 Å². The second-order valence-electron chi connectivity index (χ2n) is 4.81. The molecule has 2 aromatic rings. The molecule has 3 amide bonds. The maximum Gasteiger partial charge on any atom is 0.319 e. The summed E-state index contributed by atoms with van der Waals surface area (Å²) in [6, 6.07) is 10.1. The molecule has 0 radical (unpaired) electrons. The van der Waals surface area contributed by atoms with E-state index in [1.54, 1.807) is 30.3 Å². The molecule has 0 saturated heterocycles. The summed E-state index contributed by atoms with van der Waals surface area (Å²) in [4.78, 5) is 22.8. The molecule has 0 spiro atoms. The molecule has 2 aromatic carbocycles. The first-order chi connectivity index (χ1) is 10.9. The predicted octanol–water partition coefficient (Wildman–Crippen LogP) is 3.76. The summed E-state index contributed by atoms with van der Waals surface area (Å²) in [5.41, 5.74) is 1.73. The van der Waals surface area contributed by atoms with Gasteiger partial charge in [0.15, 0.2) is 0 Å². The van der Waals surface area contributed by atoms with Gasteiger partial charge in [0.1, 0.15) is 5.82 Å². The standard InChI is InChI=1S/C16H15ClFN3O2/c1-10(22)20-13-6-7-15(14(17)8-13)21-16(23)19-9-11-2-4-12(18)5-3-11/h2-8H,9H2,1H3,(H,20,22)(H2,19,21,23). The molecule has 0 saturated carbocycles. The van der Waals surface area contributed by atoms with Crippen LogP contribution < -0.4 is 16.0 Å². The van der Waals surface area contributed by atoms with Crippen LogP contribution in [0.25, 0.3) is 0 Å². The number of nitrogens with one attached hydrogen (secondary N) is 3. The summed E-state index contributed by atoms with van der Waals surface area (Å²) in [5.74, 6) is -0.539. The van der Waals surface area contributed by atoms with Crippen LogP contribution in [-0.4, -0.2) is 11.9 Å². The van der Waals surface area contributed by atoms with E-state index in [9.17, 15) is 14.0 Å². The molecule has 0 unspecified atom stereocenters. The highest BCUT2D eigenvalue weighted by molar-refractivity contribution is 6.34. The Kier molecular flexibility index (Phi) is 5.54. The Morgan fingerprint density at radius 3 is 2.39 bits per heavy atom. The Labute approximate surface area is 137 Å². The summed E-state index contributed by atoms with van der Waals surface area (Å²) in [6.45, 7) is 1.65. The first-order valence-electron chi connectivity index (χ1n) is 6.80. The molecule has 0 fully saturated rings. The number of halogens is 2. The van der Waals surface area contributed by atoms with Crippen molar-refractivity contribution in [3.8, 4) is 0 Å². The molecule has 7 heteroatoms. The average molecular weight is 336 g/mol. The van der Waals surface area contributed by atoms with Crippen molar-refractivity contribution in [1.82, 2.24) is 5.32 Å². The maximum atomic E-state index is 12.8. The first kappa shape index (κ1) is 16.8. The lowest BCUT2D eigenvalue weighted by atomic mass is 10.2. The van der Waals surface area contributed by atoms with Gasteiger partial charge in [-0.05, 0) is 35.9 Å². The van der Waals surface area contributed by atoms with E-state index in [0.29, 0.717) is 16.4 Å². The van der Waals surface area contributed by atoms with Gasteiger partial charge in [0.05, 0.1) is 10.7 Å². The van der Waals surface area contributed by atoms with E-state index in [0.717, 1.165) is 5.56 Å². The van der Waals surface area contributed by atoms with Gasteiger partial charge in [-0.15, -0.1) is 0 Å². The Hall–Kier alpha value is -2.60. The minimum absolute atomic E-state index is 0.209. The summed E-state index contributed by atoms with van der Waals surface area (Å²) < 4.78 is 12.8. The highest BCUT2D eigenvalue weighted by atomic mass is 35.5. The predicted molar refractivity (Wildman–Crippen MR) is 88.0 cm³/mol. The van der Waals surface area contributed by atoms with Crippen LogP contribution in [-0.2, 0) is 11.3 Å². The summed E-state index contributed by atoms with van der Waals surface area (Å²) in [5, 5.41) is 8.14. The van der Waals surface area contributed by atoms with Crippen molar-refractivity contribution < 1.29 is 14.0 Å². The van der Waals surface area contributed by atoms with Crippen molar-refractivity contribution in [3.63, 3.8) is 0 Å². The third-order valence-electron chi connectivity index (χ3n) is 2.90. The van der Waals surface area contributed by atoms with Crippen LogP contribution in [0.5, 0.6) is 0 Å². The summed E-state index contributed by atoms with van der Waals surface area (Å²) >= 11 is 6.06. The van der Waals surface area contributed by atoms with E-state index in [-0.39, 0.29) is 18.3 Å². The number of benzene rings is 2. The molecule has 120 valence electrons. The molecule has 0 heterocycles. The van der Waals surface area contributed by atoms with Crippen LogP contribution in [0.2, 0.25) is 5.02 Å². The molecule has 0 aliphatic carbocycles. The fourth-order valence-electron chi connectivity index (χ4n) is 1.85. The van der Waals surface area contributed by atoms with E-state index in [4.69, 9.17) is 11.6 Å². The fourth-order valence-corrected chi connectivity index (χ4v) is 2.08. The third-order valence-corrected chi connectivity index (χ3v) is 3.22. The zero-order valence-electron chi connectivity index (χ0n) is 12.3. The zero-order valence-corrected chi connectivity index (χ0v) is 13.1. The SMILES string of the molecule is CC(=O)Nc1ccc(NC(=O)NCc2ccc(F)cc2)c(Cl)c1. The molecule has 23 heavy (non-hydrogen) atoms. The lowest BCUT2D eigenvalue weighted by Gasteiger charge is -2.10. The fraction of sp³-hybridized carbons (Fsp3) is 0.125. The molecule has 0 atom stereocenters. The van der Waals surface area contributed by atoms with Gasteiger partial charge in [-0.1, -0.05) is 23.7 Å².